The molecule has 1 saturated carbocycles. The molecule has 0 heterocycles. The van der Waals surface area contributed by atoms with Crippen molar-refractivity contribution < 1.29 is 8.42 Å². The molecule has 0 saturated heterocycles. The molecule has 3 N–H and O–H groups in total. The summed E-state index contributed by atoms with van der Waals surface area (Å²) >= 11 is 11.9. The Bertz CT molecular complexity index is 566. The lowest BCUT2D eigenvalue weighted by Crippen LogP contribution is -2.36. The Morgan fingerprint density at radius 3 is 2.32 bits per heavy atom. The van der Waals surface area contributed by atoms with Crippen molar-refractivity contribution in [1.29, 1.82) is 0 Å². The molecule has 0 bridgehead atoms. The van der Waals surface area contributed by atoms with Gasteiger partial charge in [0.15, 0.2) is 0 Å². The number of rotatable bonds is 3. The second-order valence-electron chi connectivity index (χ2n) is 4.95. The van der Waals surface area contributed by atoms with Crippen LogP contribution in [0.25, 0.3) is 0 Å². The quantitative estimate of drug-likeness (QED) is 0.840. The van der Waals surface area contributed by atoms with Crippen LogP contribution in [0.5, 0.6) is 0 Å². The number of sulfonamides is 1. The van der Waals surface area contributed by atoms with E-state index in [1.54, 1.807) is 0 Å². The molecule has 0 aromatic heterocycles. The second-order valence-corrected chi connectivity index (χ2v) is 7.41. The summed E-state index contributed by atoms with van der Waals surface area (Å²) in [6.45, 7) is 2.03. The largest absolute Gasteiger partial charge is 0.399 e. The van der Waals surface area contributed by atoms with E-state index >= 15 is 0 Å². The first-order chi connectivity index (χ1) is 8.81. The molecule has 1 aromatic rings. The van der Waals surface area contributed by atoms with Gasteiger partial charge in [-0.15, -0.1) is 0 Å². The number of nitrogens with one attached hydrogen (secondary N) is 1. The Balaban J connectivity index is 2.34. The summed E-state index contributed by atoms with van der Waals surface area (Å²) in [5, 5.41) is 0.0892. The van der Waals surface area contributed by atoms with E-state index in [1.165, 1.54) is 12.1 Å². The minimum absolute atomic E-state index is 0.0446. The molecule has 106 valence electrons. The van der Waals surface area contributed by atoms with E-state index in [0.29, 0.717) is 11.6 Å². The number of benzene rings is 1. The highest BCUT2D eigenvalue weighted by atomic mass is 35.5. The van der Waals surface area contributed by atoms with Crippen LogP contribution in [0.4, 0.5) is 5.69 Å². The van der Waals surface area contributed by atoms with Crippen LogP contribution in [0.15, 0.2) is 17.0 Å². The predicted molar refractivity (Wildman–Crippen MR) is 78.0 cm³/mol. The van der Waals surface area contributed by atoms with E-state index in [1.807, 2.05) is 6.92 Å². The summed E-state index contributed by atoms with van der Waals surface area (Å²) in [6.07, 6.45) is 2.89. The maximum absolute atomic E-state index is 12.4. The maximum atomic E-state index is 12.4. The topological polar surface area (TPSA) is 72.2 Å². The fourth-order valence-electron chi connectivity index (χ4n) is 2.41. The average molecular weight is 323 g/mol. The number of nitrogen functional groups attached to an aromatic ring is 1. The number of halogens is 2. The lowest BCUT2D eigenvalue weighted by molar-refractivity contribution is 0.476. The lowest BCUT2D eigenvalue weighted by atomic mass is 10.1. The Kier molecular flexibility index (Phi) is 4.30. The minimum atomic E-state index is -3.72. The standard InChI is InChI=1S/C12H16Cl2N2O2S/c1-7-3-2-4-11(7)16-19(17,18)12-9(13)5-8(15)6-10(12)14/h5-7,11,16H,2-4,15H2,1H3. The molecule has 0 aliphatic heterocycles. The lowest BCUT2D eigenvalue weighted by Gasteiger charge is -2.18. The molecule has 7 heteroatoms. The highest BCUT2D eigenvalue weighted by Crippen LogP contribution is 2.33. The normalized spacial score (nSPS) is 23.7. The summed E-state index contributed by atoms with van der Waals surface area (Å²) in [7, 11) is -3.72. The second kappa shape index (κ2) is 5.48. The van der Waals surface area contributed by atoms with Gasteiger partial charge in [-0.3, -0.25) is 0 Å². The van der Waals surface area contributed by atoms with Gasteiger partial charge in [0.2, 0.25) is 10.0 Å². The molecule has 1 aliphatic carbocycles. The molecule has 2 atom stereocenters. The number of hydrogen-bond acceptors (Lipinski definition) is 3. The Hall–Kier alpha value is -0.490. The summed E-state index contributed by atoms with van der Waals surface area (Å²) in [6, 6.07) is 2.72. The van der Waals surface area contributed by atoms with Crippen molar-refractivity contribution in [2.24, 2.45) is 5.92 Å². The van der Waals surface area contributed by atoms with Crippen molar-refractivity contribution in [3.63, 3.8) is 0 Å². The smallest absolute Gasteiger partial charge is 0.243 e. The van der Waals surface area contributed by atoms with Crippen LogP contribution in [-0.2, 0) is 10.0 Å². The fourth-order valence-corrected chi connectivity index (χ4v) is 5.03. The van der Waals surface area contributed by atoms with E-state index < -0.39 is 10.0 Å². The third kappa shape index (κ3) is 3.16. The van der Waals surface area contributed by atoms with Gasteiger partial charge in [0.25, 0.3) is 0 Å². The zero-order valence-corrected chi connectivity index (χ0v) is 12.8. The third-order valence-corrected chi connectivity index (χ3v) is 5.87. The molecule has 0 spiro atoms. The van der Waals surface area contributed by atoms with Gasteiger partial charge in [0, 0.05) is 11.7 Å². The van der Waals surface area contributed by atoms with Crippen LogP contribution in [0, 0.1) is 5.92 Å². The molecule has 0 radical (unpaired) electrons. The van der Waals surface area contributed by atoms with Crippen LogP contribution >= 0.6 is 23.2 Å². The van der Waals surface area contributed by atoms with Crippen molar-refractivity contribution in [2.75, 3.05) is 5.73 Å². The molecule has 2 unspecified atom stereocenters. The van der Waals surface area contributed by atoms with Gasteiger partial charge in [-0.25, -0.2) is 13.1 Å². The van der Waals surface area contributed by atoms with Crippen molar-refractivity contribution in [3.05, 3.63) is 22.2 Å². The number of nitrogens with two attached hydrogens (primary N) is 1. The minimum Gasteiger partial charge on any atom is -0.399 e. The number of anilines is 1. The van der Waals surface area contributed by atoms with E-state index in [4.69, 9.17) is 28.9 Å². The molecule has 1 aliphatic rings. The van der Waals surface area contributed by atoms with Crippen molar-refractivity contribution >= 4 is 38.9 Å². The SMILES string of the molecule is CC1CCCC1NS(=O)(=O)c1c(Cl)cc(N)cc1Cl. The van der Waals surface area contributed by atoms with Gasteiger partial charge in [-0.1, -0.05) is 36.5 Å². The summed E-state index contributed by atoms with van der Waals surface area (Å²) < 4.78 is 27.4. The Morgan fingerprint density at radius 1 is 1.26 bits per heavy atom. The van der Waals surface area contributed by atoms with Gasteiger partial charge in [-0.2, -0.15) is 0 Å². The maximum Gasteiger partial charge on any atom is 0.243 e. The Morgan fingerprint density at radius 2 is 1.84 bits per heavy atom. The summed E-state index contributed by atoms with van der Waals surface area (Å²) in [5.41, 5.74) is 5.91. The van der Waals surface area contributed by atoms with Crippen molar-refractivity contribution in [3.8, 4) is 0 Å². The summed E-state index contributed by atoms with van der Waals surface area (Å²) in [5.74, 6) is 0.320. The first-order valence-corrected chi connectivity index (χ1v) is 8.32. The molecule has 1 aromatic carbocycles. The van der Waals surface area contributed by atoms with Crippen LogP contribution in [-0.4, -0.2) is 14.5 Å². The van der Waals surface area contributed by atoms with Crippen LogP contribution in [0.3, 0.4) is 0 Å². The van der Waals surface area contributed by atoms with Crippen molar-refractivity contribution in [2.45, 2.75) is 37.1 Å². The van der Waals surface area contributed by atoms with Gasteiger partial charge in [-0.05, 0) is 30.9 Å². The average Bonchev–Trinajstić information content (AvgIpc) is 2.61. The van der Waals surface area contributed by atoms with E-state index in [9.17, 15) is 8.42 Å². The predicted octanol–water partition coefficient (Wildman–Crippen LogP) is 3.04. The van der Waals surface area contributed by atoms with Gasteiger partial charge in [0.05, 0.1) is 10.0 Å². The zero-order chi connectivity index (χ0) is 14.2. The third-order valence-electron chi connectivity index (χ3n) is 3.46. The molecule has 1 fully saturated rings. The van der Waals surface area contributed by atoms with E-state index in [2.05, 4.69) is 4.72 Å². The van der Waals surface area contributed by atoms with Gasteiger partial charge < -0.3 is 5.73 Å². The van der Waals surface area contributed by atoms with Crippen LogP contribution < -0.4 is 10.5 Å². The fraction of sp³-hybridized carbons (Fsp3) is 0.500. The number of hydrogen-bond donors (Lipinski definition) is 2. The molecular formula is C12H16Cl2N2O2S. The molecule has 19 heavy (non-hydrogen) atoms. The molecular weight excluding hydrogens is 307 g/mol. The monoisotopic (exact) mass is 322 g/mol. The van der Waals surface area contributed by atoms with E-state index in [0.717, 1.165) is 19.3 Å². The highest BCUT2D eigenvalue weighted by Gasteiger charge is 2.30. The zero-order valence-electron chi connectivity index (χ0n) is 10.5. The van der Waals surface area contributed by atoms with E-state index in [-0.39, 0.29) is 21.0 Å². The Labute approximate surface area is 123 Å². The molecule has 4 nitrogen and oxygen atoms in total. The van der Waals surface area contributed by atoms with Crippen LogP contribution in [0.2, 0.25) is 10.0 Å². The highest BCUT2D eigenvalue weighted by molar-refractivity contribution is 7.89. The van der Waals surface area contributed by atoms with Crippen LogP contribution in [0.1, 0.15) is 26.2 Å². The van der Waals surface area contributed by atoms with Gasteiger partial charge >= 0.3 is 0 Å². The first-order valence-electron chi connectivity index (χ1n) is 6.08. The first kappa shape index (κ1) is 14.9. The van der Waals surface area contributed by atoms with Crippen molar-refractivity contribution in [1.82, 2.24) is 4.72 Å². The molecule has 2 rings (SSSR count). The van der Waals surface area contributed by atoms with Gasteiger partial charge in [0.1, 0.15) is 4.90 Å². The summed E-state index contributed by atoms with van der Waals surface area (Å²) in [4.78, 5) is -0.0934. The molecule has 0 amide bonds.